The lowest BCUT2D eigenvalue weighted by molar-refractivity contribution is -0.697. The van der Waals surface area contributed by atoms with Crippen molar-refractivity contribution in [1.29, 1.82) is 0 Å². The molecule has 0 fully saturated rings. The number of aromatic nitrogens is 2. The number of nitrogens with zero attached hydrogens (tertiary/aromatic N) is 2. The maximum Gasteiger partial charge on any atom is 0.169 e. The van der Waals surface area contributed by atoms with Gasteiger partial charge >= 0.3 is 0 Å². The second kappa shape index (κ2) is 23.2. The lowest BCUT2D eigenvalue weighted by Gasteiger charge is -2.03. The number of rotatable bonds is 19. The molecule has 5 heteroatoms. The van der Waals surface area contributed by atoms with E-state index in [1.54, 1.807) is 0 Å². The maximum atomic E-state index is 3.50. The van der Waals surface area contributed by atoms with Crippen LogP contribution in [-0.4, -0.2) is 5.33 Å². The standard InChI is InChI=1S/C29H47BrN2.2BrH/c1-2-3-4-5-6-7-8-9-10-11-12-13-14-15-22-31-24-17-28(18-25-31)29-19-26-32(27-20-29)23-16-21-30;;/h17-20,24-27H,2-16,21-23H2,1H3;2*1H/q+2;;/p-2. The van der Waals surface area contributed by atoms with Crippen LogP contribution in [-0.2, 0) is 13.1 Å². The van der Waals surface area contributed by atoms with E-state index in [4.69, 9.17) is 0 Å². The summed E-state index contributed by atoms with van der Waals surface area (Å²) in [6.45, 7) is 4.50. The molecule has 0 bridgehead atoms. The summed E-state index contributed by atoms with van der Waals surface area (Å²) in [5.74, 6) is 0. The summed E-state index contributed by atoms with van der Waals surface area (Å²) < 4.78 is 4.59. The van der Waals surface area contributed by atoms with Crippen LogP contribution < -0.4 is 43.1 Å². The predicted molar refractivity (Wildman–Crippen MR) is 141 cm³/mol. The molecule has 0 atom stereocenters. The molecule has 0 saturated heterocycles. The molecule has 0 unspecified atom stereocenters. The van der Waals surface area contributed by atoms with Crippen LogP contribution in [0.3, 0.4) is 0 Å². The maximum absolute atomic E-state index is 3.50. The Hall–Kier alpha value is -0.260. The van der Waals surface area contributed by atoms with E-state index < -0.39 is 0 Å². The van der Waals surface area contributed by atoms with Gasteiger partial charge in [-0.05, 0) is 17.5 Å². The van der Waals surface area contributed by atoms with Crippen molar-refractivity contribution in [2.75, 3.05) is 5.33 Å². The second-order valence-corrected chi connectivity index (χ2v) is 10.1. The number of aryl methyl sites for hydroxylation is 2. The number of unbranched alkanes of at least 4 members (excludes halogenated alkanes) is 13. The predicted octanol–water partition coefficient (Wildman–Crippen LogP) is 2.20. The average molecular weight is 663 g/mol. The monoisotopic (exact) mass is 660 g/mol. The summed E-state index contributed by atoms with van der Waals surface area (Å²) in [5, 5.41) is 1.06. The Morgan fingerprint density at radius 3 is 1.18 bits per heavy atom. The van der Waals surface area contributed by atoms with Crippen LogP contribution in [0, 0.1) is 0 Å². The Morgan fingerprint density at radius 1 is 0.500 bits per heavy atom. The largest absolute Gasteiger partial charge is 1.00 e. The molecule has 0 radical (unpaired) electrons. The molecule has 0 aliphatic carbocycles. The van der Waals surface area contributed by atoms with Crippen molar-refractivity contribution in [1.82, 2.24) is 0 Å². The molecule has 0 amide bonds. The van der Waals surface area contributed by atoms with Gasteiger partial charge in [0.15, 0.2) is 24.8 Å². The van der Waals surface area contributed by atoms with Gasteiger partial charge in [0.1, 0.15) is 13.1 Å². The number of alkyl halides is 1. The van der Waals surface area contributed by atoms with Crippen LogP contribution in [0.2, 0.25) is 0 Å². The number of hydrogen-bond donors (Lipinski definition) is 0. The van der Waals surface area contributed by atoms with Gasteiger partial charge in [-0.1, -0.05) is 99.9 Å². The van der Waals surface area contributed by atoms with Crippen molar-refractivity contribution in [2.24, 2.45) is 0 Å². The number of halogens is 3. The molecule has 0 aliphatic heterocycles. The van der Waals surface area contributed by atoms with Gasteiger partial charge in [-0.25, -0.2) is 9.13 Å². The van der Waals surface area contributed by atoms with E-state index in [1.807, 2.05) is 0 Å². The molecule has 0 spiro atoms. The van der Waals surface area contributed by atoms with Crippen molar-refractivity contribution >= 4 is 15.9 Å². The first kappa shape index (κ1) is 33.7. The molecule has 2 aromatic heterocycles. The molecule has 0 N–H and O–H groups in total. The highest BCUT2D eigenvalue weighted by atomic mass is 79.9. The molecule has 2 rings (SSSR count). The van der Waals surface area contributed by atoms with Gasteiger partial charge in [0.25, 0.3) is 0 Å². The third-order valence-electron chi connectivity index (χ3n) is 6.44. The third-order valence-corrected chi connectivity index (χ3v) is 7.00. The Kier molecular flexibility index (Phi) is 23.0. The normalized spacial score (nSPS) is 10.5. The van der Waals surface area contributed by atoms with Gasteiger partial charge in [-0.2, -0.15) is 0 Å². The Balaban J connectivity index is 0.00000544. The molecule has 0 aromatic carbocycles. The molecular weight excluding hydrogens is 616 g/mol. The second-order valence-electron chi connectivity index (χ2n) is 9.29. The van der Waals surface area contributed by atoms with E-state index in [0.717, 1.165) is 24.8 Å². The first-order valence-corrected chi connectivity index (χ1v) is 14.5. The summed E-state index contributed by atoms with van der Waals surface area (Å²) in [6, 6.07) is 8.95. The number of pyridine rings is 2. The first-order chi connectivity index (χ1) is 15.8. The fraction of sp³-hybridized carbons (Fsp3) is 0.655. The zero-order chi connectivity index (χ0) is 22.7. The van der Waals surface area contributed by atoms with Gasteiger partial charge in [0, 0.05) is 42.4 Å². The van der Waals surface area contributed by atoms with Crippen molar-refractivity contribution in [3.63, 3.8) is 0 Å². The molecule has 194 valence electrons. The Bertz CT molecular complexity index is 690. The molecule has 2 nitrogen and oxygen atoms in total. The highest BCUT2D eigenvalue weighted by molar-refractivity contribution is 9.09. The van der Waals surface area contributed by atoms with Crippen molar-refractivity contribution in [3.05, 3.63) is 49.1 Å². The lowest BCUT2D eigenvalue weighted by atomic mass is 10.0. The van der Waals surface area contributed by atoms with Crippen LogP contribution in [0.15, 0.2) is 49.1 Å². The van der Waals surface area contributed by atoms with Gasteiger partial charge in [-0.3, -0.25) is 0 Å². The van der Waals surface area contributed by atoms with Gasteiger partial charge in [0.2, 0.25) is 0 Å². The van der Waals surface area contributed by atoms with E-state index in [2.05, 4.69) is 81.0 Å². The first-order valence-electron chi connectivity index (χ1n) is 13.4. The molecule has 0 saturated carbocycles. The Labute approximate surface area is 239 Å². The van der Waals surface area contributed by atoms with Crippen LogP contribution >= 0.6 is 15.9 Å². The smallest absolute Gasteiger partial charge is 0.169 e. The minimum atomic E-state index is 0. The minimum absolute atomic E-state index is 0. The zero-order valence-corrected chi connectivity index (χ0v) is 26.1. The molecular formula is C29H47Br3N2. The molecule has 34 heavy (non-hydrogen) atoms. The van der Waals surface area contributed by atoms with Crippen LogP contribution in [0.1, 0.15) is 103 Å². The number of hydrogen-bond acceptors (Lipinski definition) is 0. The third kappa shape index (κ3) is 15.7. The van der Waals surface area contributed by atoms with E-state index in [9.17, 15) is 0 Å². The summed E-state index contributed by atoms with van der Waals surface area (Å²) in [6.07, 6.45) is 29.9. The summed E-state index contributed by atoms with van der Waals surface area (Å²) >= 11 is 3.50. The van der Waals surface area contributed by atoms with Crippen LogP contribution in [0.4, 0.5) is 0 Å². The van der Waals surface area contributed by atoms with Crippen molar-refractivity contribution in [2.45, 2.75) is 116 Å². The zero-order valence-electron chi connectivity index (χ0n) is 21.4. The fourth-order valence-corrected chi connectivity index (χ4v) is 4.58. The van der Waals surface area contributed by atoms with Crippen molar-refractivity contribution < 1.29 is 43.1 Å². The van der Waals surface area contributed by atoms with E-state index in [0.29, 0.717) is 0 Å². The molecule has 2 heterocycles. The van der Waals surface area contributed by atoms with E-state index >= 15 is 0 Å². The van der Waals surface area contributed by atoms with Crippen LogP contribution in [0.25, 0.3) is 11.1 Å². The van der Waals surface area contributed by atoms with E-state index in [-0.39, 0.29) is 34.0 Å². The molecule has 0 aliphatic rings. The van der Waals surface area contributed by atoms with Gasteiger partial charge < -0.3 is 34.0 Å². The highest BCUT2D eigenvalue weighted by Crippen LogP contribution is 2.16. The summed E-state index contributed by atoms with van der Waals surface area (Å²) in [5.41, 5.74) is 2.60. The average Bonchev–Trinajstić information content (AvgIpc) is 2.84. The fourth-order valence-electron chi connectivity index (χ4n) is 4.33. The lowest BCUT2D eigenvalue weighted by Crippen LogP contribution is -3.00. The quantitative estimate of drug-likeness (QED) is 0.124. The minimum Gasteiger partial charge on any atom is -1.00 e. The highest BCUT2D eigenvalue weighted by Gasteiger charge is 2.06. The van der Waals surface area contributed by atoms with Crippen LogP contribution in [0.5, 0.6) is 0 Å². The summed E-state index contributed by atoms with van der Waals surface area (Å²) in [7, 11) is 0. The van der Waals surface area contributed by atoms with E-state index in [1.165, 1.54) is 101 Å². The molecule has 2 aromatic rings. The summed E-state index contributed by atoms with van der Waals surface area (Å²) in [4.78, 5) is 0. The van der Waals surface area contributed by atoms with Gasteiger partial charge in [-0.15, -0.1) is 0 Å². The topological polar surface area (TPSA) is 7.76 Å². The van der Waals surface area contributed by atoms with Gasteiger partial charge in [0.05, 0.1) is 0 Å². The Morgan fingerprint density at radius 2 is 0.824 bits per heavy atom. The van der Waals surface area contributed by atoms with Crippen molar-refractivity contribution in [3.8, 4) is 11.1 Å². The SMILES string of the molecule is CCCCCCCCCCCCCCCC[n+]1ccc(-c2cc[n+](CCCBr)cc2)cc1.[Br-].[Br-].